The summed E-state index contributed by atoms with van der Waals surface area (Å²) in [6, 6.07) is -4.96. The molecule has 0 spiro atoms. The van der Waals surface area contributed by atoms with Gasteiger partial charge in [0.05, 0.1) is 6.04 Å². The van der Waals surface area contributed by atoms with Gasteiger partial charge in [0.2, 0.25) is 17.7 Å². The molecule has 4 atom stereocenters. The van der Waals surface area contributed by atoms with Crippen LogP contribution < -0.4 is 27.4 Å². The molecule has 0 saturated carbocycles. The van der Waals surface area contributed by atoms with E-state index in [1.54, 1.807) is 6.26 Å². The molecule has 0 aromatic rings. The SMILES string of the molecule is CSCCC(NC(=O)C(CCC(=O)O)NC(=O)C(CCCCN)NC(=O)C(N)CCC(=O)O)C(=O)O. The van der Waals surface area contributed by atoms with Crippen LogP contribution in [0.2, 0.25) is 0 Å². The fourth-order valence-corrected chi connectivity index (χ4v) is 3.50. The molecule has 14 nitrogen and oxygen atoms in total. The molecule has 10 N–H and O–H groups in total. The summed E-state index contributed by atoms with van der Waals surface area (Å²) in [6.45, 7) is 0.330. The number of hydrogen-bond acceptors (Lipinski definition) is 9. The van der Waals surface area contributed by atoms with E-state index in [4.69, 9.17) is 21.7 Å². The summed E-state index contributed by atoms with van der Waals surface area (Å²) in [6.07, 6.45) is 1.67. The molecule has 0 aromatic carbocycles. The van der Waals surface area contributed by atoms with Crippen molar-refractivity contribution in [3.8, 4) is 0 Å². The van der Waals surface area contributed by atoms with E-state index in [0.717, 1.165) is 0 Å². The van der Waals surface area contributed by atoms with Crippen molar-refractivity contribution in [3.05, 3.63) is 0 Å². The van der Waals surface area contributed by atoms with Crippen molar-refractivity contribution in [2.24, 2.45) is 11.5 Å². The summed E-state index contributed by atoms with van der Waals surface area (Å²) < 4.78 is 0. The zero-order chi connectivity index (χ0) is 27.7. The van der Waals surface area contributed by atoms with E-state index in [1.807, 2.05) is 0 Å². The smallest absolute Gasteiger partial charge is 0.326 e. The molecule has 0 bridgehead atoms. The summed E-state index contributed by atoms with van der Waals surface area (Å²) in [5.74, 6) is -5.63. The third-order valence-electron chi connectivity index (χ3n) is 5.09. The van der Waals surface area contributed by atoms with Gasteiger partial charge in [0.15, 0.2) is 0 Å². The number of thioether (sulfide) groups is 1. The van der Waals surface area contributed by atoms with Gasteiger partial charge in [0.1, 0.15) is 18.1 Å². The predicted molar refractivity (Wildman–Crippen MR) is 131 cm³/mol. The Labute approximate surface area is 213 Å². The van der Waals surface area contributed by atoms with E-state index >= 15 is 0 Å². The number of carbonyl (C=O) groups is 6. The zero-order valence-corrected chi connectivity index (χ0v) is 21.1. The van der Waals surface area contributed by atoms with Gasteiger partial charge in [-0.25, -0.2) is 4.79 Å². The predicted octanol–water partition coefficient (Wildman–Crippen LogP) is -1.54. The summed E-state index contributed by atoms with van der Waals surface area (Å²) in [4.78, 5) is 71.4. The van der Waals surface area contributed by atoms with Gasteiger partial charge in [0, 0.05) is 12.8 Å². The van der Waals surface area contributed by atoms with Gasteiger partial charge in [0.25, 0.3) is 0 Å². The first-order valence-electron chi connectivity index (χ1n) is 11.4. The van der Waals surface area contributed by atoms with Crippen LogP contribution in [0.15, 0.2) is 0 Å². The normalized spacial score (nSPS) is 14.1. The van der Waals surface area contributed by atoms with Gasteiger partial charge < -0.3 is 42.7 Å². The van der Waals surface area contributed by atoms with Gasteiger partial charge in [-0.1, -0.05) is 0 Å². The second kappa shape index (κ2) is 18.4. The molecule has 0 aliphatic heterocycles. The molecule has 206 valence electrons. The Hall–Kier alpha value is -2.91. The zero-order valence-electron chi connectivity index (χ0n) is 20.2. The van der Waals surface area contributed by atoms with Gasteiger partial charge in [-0.3, -0.25) is 24.0 Å². The van der Waals surface area contributed by atoms with Crippen LogP contribution >= 0.6 is 11.8 Å². The molecule has 36 heavy (non-hydrogen) atoms. The molecule has 0 heterocycles. The number of unbranched alkanes of at least 4 members (excludes halogenated alkanes) is 1. The Balaban J connectivity index is 5.53. The van der Waals surface area contributed by atoms with E-state index in [-0.39, 0.29) is 32.1 Å². The van der Waals surface area contributed by atoms with Crippen molar-refractivity contribution < 1.29 is 44.1 Å². The monoisotopic (exact) mass is 535 g/mol. The third kappa shape index (κ3) is 14.5. The maximum Gasteiger partial charge on any atom is 0.326 e. The Morgan fingerprint density at radius 1 is 0.722 bits per heavy atom. The van der Waals surface area contributed by atoms with Gasteiger partial charge in [-0.15, -0.1) is 0 Å². The molecule has 0 saturated heterocycles. The van der Waals surface area contributed by atoms with Crippen molar-refractivity contribution in [1.29, 1.82) is 0 Å². The van der Waals surface area contributed by atoms with E-state index in [2.05, 4.69) is 16.0 Å². The average Bonchev–Trinajstić information content (AvgIpc) is 2.81. The molecule has 0 aliphatic rings. The highest BCUT2D eigenvalue weighted by molar-refractivity contribution is 7.98. The highest BCUT2D eigenvalue weighted by atomic mass is 32.2. The number of aliphatic carboxylic acids is 3. The molecule has 0 aliphatic carbocycles. The van der Waals surface area contributed by atoms with E-state index in [9.17, 15) is 33.9 Å². The third-order valence-corrected chi connectivity index (χ3v) is 5.73. The number of nitrogens with one attached hydrogen (secondary N) is 3. The lowest BCUT2D eigenvalue weighted by Gasteiger charge is -2.25. The van der Waals surface area contributed by atoms with Gasteiger partial charge in [-0.05, 0) is 57.1 Å². The van der Waals surface area contributed by atoms with E-state index in [1.165, 1.54) is 11.8 Å². The maximum atomic E-state index is 13.0. The lowest BCUT2D eigenvalue weighted by atomic mass is 10.0. The number of hydrogen-bond donors (Lipinski definition) is 8. The molecule has 0 aromatic heterocycles. The highest BCUT2D eigenvalue weighted by Crippen LogP contribution is 2.07. The molecule has 0 rings (SSSR count). The summed E-state index contributed by atoms with van der Waals surface area (Å²) >= 11 is 1.38. The number of rotatable bonds is 20. The fourth-order valence-electron chi connectivity index (χ4n) is 3.02. The fraction of sp³-hybridized carbons (Fsp3) is 0.714. The first kappa shape index (κ1) is 33.1. The second-order valence-corrected chi connectivity index (χ2v) is 9.04. The molecule has 3 amide bonds. The Morgan fingerprint density at radius 2 is 1.22 bits per heavy atom. The number of carboxylic acids is 3. The molecule has 15 heteroatoms. The van der Waals surface area contributed by atoms with E-state index in [0.29, 0.717) is 25.1 Å². The number of nitrogens with two attached hydrogens (primary N) is 2. The van der Waals surface area contributed by atoms with Crippen LogP contribution in [0.1, 0.15) is 51.4 Å². The van der Waals surface area contributed by atoms with Crippen molar-refractivity contribution in [3.63, 3.8) is 0 Å². The van der Waals surface area contributed by atoms with Crippen LogP contribution in [0.25, 0.3) is 0 Å². The average molecular weight is 536 g/mol. The maximum absolute atomic E-state index is 13.0. The summed E-state index contributed by atoms with van der Waals surface area (Å²) in [5, 5.41) is 34.3. The molecule has 0 fully saturated rings. The largest absolute Gasteiger partial charge is 0.481 e. The molecule has 0 radical (unpaired) electrons. The first-order chi connectivity index (χ1) is 16.9. The van der Waals surface area contributed by atoms with Crippen LogP contribution in [0.3, 0.4) is 0 Å². The lowest BCUT2D eigenvalue weighted by molar-refractivity contribution is -0.143. The minimum Gasteiger partial charge on any atom is -0.481 e. The van der Waals surface area contributed by atoms with Crippen LogP contribution in [0, 0.1) is 0 Å². The summed E-state index contributed by atoms with van der Waals surface area (Å²) in [5.41, 5.74) is 11.2. The lowest BCUT2D eigenvalue weighted by Crippen LogP contribution is -2.57. The van der Waals surface area contributed by atoms with Crippen LogP contribution in [-0.2, 0) is 28.8 Å². The number of carboxylic acid groups (broad SMARTS) is 3. The van der Waals surface area contributed by atoms with Crippen LogP contribution in [0.4, 0.5) is 0 Å². The van der Waals surface area contributed by atoms with Crippen molar-refractivity contribution >= 4 is 47.4 Å². The highest BCUT2D eigenvalue weighted by Gasteiger charge is 2.30. The summed E-state index contributed by atoms with van der Waals surface area (Å²) in [7, 11) is 0. The molecular weight excluding hydrogens is 498 g/mol. The van der Waals surface area contributed by atoms with Crippen molar-refractivity contribution in [2.75, 3.05) is 18.6 Å². The number of carbonyl (C=O) groups excluding carboxylic acids is 3. The van der Waals surface area contributed by atoms with Crippen molar-refractivity contribution in [1.82, 2.24) is 16.0 Å². The first-order valence-corrected chi connectivity index (χ1v) is 12.8. The Kier molecular flexibility index (Phi) is 16.9. The van der Waals surface area contributed by atoms with Gasteiger partial charge >= 0.3 is 17.9 Å². The Bertz CT molecular complexity index is 768. The minimum absolute atomic E-state index is 0.119. The minimum atomic E-state index is -1.38. The van der Waals surface area contributed by atoms with Crippen LogP contribution in [0.5, 0.6) is 0 Å². The quantitative estimate of drug-likeness (QED) is 0.0826. The van der Waals surface area contributed by atoms with E-state index < -0.39 is 66.2 Å². The topological polar surface area (TPSA) is 251 Å². The van der Waals surface area contributed by atoms with Crippen LogP contribution in [-0.4, -0.2) is 93.7 Å². The van der Waals surface area contributed by atoms with Crippen molar-refractivity contribution in [2.45, 2.75) is 75.5 Å². The standard InChI is InChI=1S/C21H37N5O9S/c1-36-11-9-15(21(34)35)26-20(33)14(6-8-17(29)30)25-19(32)13(4-2-3-10-22)24-18(31)12(23)5-7-16(27)28/h12-15H,2-11,22-23H2,1H3,(H,24,31)(H,25,32)(H,26,33)(H,27,28)(H,29,30)(H,34,35). The second-order valence-electron chi connectivity index (χ2n) is 8.06. The van der Waals surface area contributed by atoms with Gasteiger partial charge in [-0.2, -0.15) is 11.8 Å². The Morgan fingerprint density at radius 3 is 1.72 bits per heavy atom. The number of amides is 3. The molecule has 4 unspecified atom stereocenters. The molecular formula is C21H37N5O9S.